The Balaban J connectivity index is 2.53. The summed E-state index contributed by atoms with van der Waals surface area (Å²) in [5.74, 6) is -0.975. The summed E-state index contributed by atoms with van der Waals surface area (Å²) in [4.78, 5) is 41.2. The van der Waals surface area contributed by atoms with Crippen LogP contribution < -0.4 is 10.9 Å². The Hall–Kier alpha value is -2.22. The van der Waals surface area contributed by atoms with E-state index in [1.54, 1.807) is 25.3 Å². The molecule has 0 spiro atoms. The van der Waals surface area contributed by atoms with Crippen LogP contribution in [-0.2, 0) is 11.3 Å². The molecule has 0 fully saturated rings. The van der Waals surface area contributed by atoms with Crippen molar-refractivity contribution in [1.29, 1.82) is 0 Å². The highest BCUT2D eigenvalue weighted by Gasteiger charge is 2.24. The molecule has 1 amide bonds. The number of carboxylic acid groups (broad SMARTS) is 1. The predicted molar refractivity (Wildman–Crippen MR) is 88.2 cm³/mol. The first-order valence-electron chi connectivity index (χ1n) is 7.35. The molecule has 1 atom stereocenters. The fourth-order valence-corrected chi connectivity index (χ4v) is 3.59. The molecule has 0 aliphatic heterocycles. The highest BCUT2D eigenvalue weighted by Crippen LogP contribution is 2.27. The second-order valence-electron chi connectivity index (χ2n) is 5.22. The lowest BCUT2D eigenvalue weighted by Gasteiger charge is -2.11. The summed E-state index contributed by atoms with van der Waals surface area (Å²) in [6.07, 6.45) is 0.283. The van der Waals surface area contributed by atoms with Crippen molar-refractivity contribution in [2.24, 2.45) is 0 Å². The molecule has 0 saturated heterocycles. The summed E-state index contributed by atoms with van der Waals surface area (Å²) in [6, 6.07) is -0.950. The number of fused-ring (bicyclic) bond motifs is 1. The van der Waals surface area contributed by atoms with Crippen LogP contribution in [0.3, 0.4) is 0 Å². The minimum absolute atomic E-state index is 0.173. The zero-order chi connectivity index (χ0) is 17.3. The van der Waals surface area contributed by atoms with Crippen LogP contribution in [0.25, 0.3) is 10.2 Å². The highest BCUT2D eigenvalue weighted by molar-refractivity contribution is 7.20. The fraction of sp³-hybridized carbons (Fsp3) is 0.467. The number of nitrogens with zero attached hydrogens (tertiary/aromatic N) is 2. The van der Waals surface area contributed by atoms with E-state index in [-0.39, 0.29) is 12.0 Å². The molecule has 23 heavy (non-hydrogen) atoms. The second-order valence-corrected chi connectivity index (χ2v) is 6.22. The molecule has 2 heterocycles. The predicted octanol–water partition coefficient (Wildman–Crippen LogP) is 1.69. The van der Waals surface area contributed by atoms with Crippen molar-refractivity contribution in [2.75, 3.05) is 0 Å². The van der Waals surface area contributed by atoms with Gasteiger partial charge in [-0.05, 0) is 32.8 Å². The summed E-state index contributed by atoms with van der Waals surface area (Å²) < 4.78 is 1.55. The summed E-state index contributed by atoms with van der Waals surface area (Å²) >= 11 is 1.11. The number of aliphatic carboxylic acids is 1. The van der Waals surface area contributed by atoms with Gasteiger partial charge in [0.25, 0.3) is 11.5 Å². The smallest absolute Gasteiger partial charge is 0.326 e. The third-order valence-corrected chi connectivity index (χ3v) is 4.96. The average molecular weight is 337 g/mol. The first-order chi connectivity index (χ1) is 10.8. The lowest BCUT2D eigenvalue weighted by atomic mass is 10.2. The van der Waals surface area contributed by atoms with E-state index in [1.807, 2.05) is 6.92 Å². The molecular weight excluding hydrogens is 318 g/mol. The van der Waals surface area contributed by atoms with Gasteiger partial charge in [-0.2, -0.15) is 0 Å². The summed E-state index contributed by atoms with van der Waals surface area (Å²) in [6.45, 7) is 7.48. The minimum atomic E-state index is -1.08. The van der Waals surface area contributed by atoms with Crippen molar-refractivity contribution in [3.05, 3.63) is 26.6 Å². The van der Waals surface area contributed by atoms with Gasteiger partial charge in [0.1, 0.15) is 16.7 Å². The van der Waals surface area contributed by atoms with Crippen LogP contribution >= 0.6 is 11.3 Å². The van der Waals surface area contributed by atoms with E-state index in [0.29, 0.717) is 33.0 Å². The van der Waals surface area contributed by atoms with Crippen molar-refractivity contribution in [2.45, 2.75) is 46.7 Å². The van der Waals surface area contributed by atoms with Gasteiger partial charge >= 0.3 is 5.97 Å². The van der Waals surface area contributed by atoms with Crippen LogP contribution in [-0.4, -0.2) is 32.6 Å². The van der Waals surface area contributed by atoms with Crippen LogP contribution in [0.2, 0.25) is 0 Å². The van der Waals surface area contributed by atoms with Gasteiger partial charge in [0.15, 0.2) is 0 Å². The quantitative estimate of drug-likeness (QED) is 0.864. The minimum Gasteiger partial charge on any atom is -0.480 e. The first kappa shape index (κ1) is 17.1. The Morgan fingerprint density at radius 3 is 2.52 bits per heavy atom. The fourth-order valence-electron chi connectivity index (χ4n) is 2.47. The third kappa shape index (κ3) is 2.98. The van der Waals surface area contributed by atoms with Gasteiger partial charge in [-0.1, -0.05) is 6.92 Å². The van der Waals surface area contributed by atoms with Crippen molar-refractivity contribution < 1.29 is 14.7 Å². The molecule has 2 aromatic heterocycles. The number of hydrogen-bond acceptors (Lipinski definition) is 5. The molecule has 2 rings (SSSR count). The highest BCUT2D eigenvalue weighted by atomic mass is 32.1. The molecule has 0 aromatic carbocycles. The number of hydrogen-bond donors (Lipinski definition) is 2. The molecule has 0 aliphatic carbocycles. The maximum atomic E-state index is 12.5. The second kappa shape index (κ2) is 6.49. The SMILES string of the molecule is CCC(NC(=O)c1sc2nc(C)n(CC)c(=O)c2c1C)C(=O)O. The van der Waals surface area contributed by atoms with Crippen molar-refractivity contribution >= 4 is 33.4 Å². The Bertz CT molecular complexity index is 837. The summed E-state index contributed by atoms with van der Waals surface area (Å²) in [5.41, 5.74) is 0.371. The van der Waals surface area contributed by atoms with Crippen molar-refractivity contribution in [3.63, 3.8) is 0 Å². The Morgan fingerprint density at radius 1 is 1.35 bits per heavy atom. The van der Waals surface area contributed by atoms with Gasteiger partial charge in [0.2, 0.25) is 0 Å². The molecule has 0 radical (unpaired) electrons. The normalized spacial score (nSPS) is 12.3. The van der Waals surface area contributed by atoms with Crippen LogP contribution in [0.4, 0.5) is 0 Å². The molecule has 0 aliphatic rings. The van der Waals surface area contributed by atoms with Crippen LogP contribution in [0, 0.1) is 13.8 Å². The third-order valence-electron chi connectivity index (χ3n) is 3.78. The lowest BCUT2D eigenvalue weighted by molar-refractivity contribution is -0.139. The van der Waals surface area contributed by atoms with E-state index >= 15 is 0 Å². The molecule has 7 nitrogen and oxygen atoms in total. The molecular formula is C15H19N3O4S. The number of rotatable bonds is 5. The zero-order valence-corrected chi connectivity index (χ0v) is 14.3. The number of carbonyl (C=O) groups is 2. The Labute approximate surface area is 137 Å². The molecule has 2 aromatic rings. The largest absolute Gasteiger partial charge is 0.480 e. The molecule has 8 heteroatoms. The summed E-state index contributed by atoms with van der Waals surface area (Å²) in [7, 11) is 0. The number of thiophene rings is 1. The maximum Gasteiger partial charge on any atom is 0.326 e. The van der Waals surface area contributed by atoms with E-state index in [2.05, 4.69) is 10.3 Å². The van der Waals surface area contributed by atoms with E-state index in [1.165, 1.54) is 0 Å². The van der Waals surface area contributed by atoms with Gasteiger partial charge in [-0.3, -0.25) is 14.2 Å². The monoisotopic (exact) mass is 337 g/mol. The van der Waals surface area contributed by atoms with E-state index in [0.717, 1.165) is 11.3 Å². The molecule has 0 saturated carbocycles. The average Bonchev–Trinajstić information content (AvgIpc) is 2.81. The van der Waals surface area contributed by atoms with E-state index < -0.39 is 17.9 Å². The first-order valence-corrected chi connectivity index (χ1v) is 8.17. The van der Waals surface area contributed by atoms with Gasteiger partial charge in [0, 0.05) is 6.54 Å². The van der Waals surface area contributed by atoms with Crippen LogP contribution in [0.5, 0.6) is 0 Å². The number of aryl methyl sites for hydroxylation is 2. The molecule has 124 valence electrons. The maximum absolute atomic E-state index is 12.5. The number of aromatic nitrogens is 2. The van der Waals surface area contributed by atoms with Gasteiger partial charge in [-0.25, -0.2) is 9.78 Å². The topological polar surface area (TPSA) is 101 Å². The Kier molecular flexibility index (Phi) is 4.84. The Morgan fingerprint density at radius 2 is 2.00 bits per heavy atom. The summed E-state index contributed by atoms with van der Waals surface area (Å²) in [5, 5.41) is 12.0. The molecule has 1 unspecified atom stereocenters. The van der Waals surface area contributed by atoms with Crippen molar-refractivity contribution in [1.82, 2.24) is 14.9 Å². The van der Waals surface area contributed by atoms with Gasteiger partial charge in [0.05, 0.1) is 10.3 Å². The standard InChI is InChI=1S/C15H19N3O4S/c1-5-9(15(21)22)17-12(19)11-7(3)10-13(23-11)16-8(4)18(6-2)14(10)20/h9H,5-6H2,1-4H3,(H,17,19)(H,21,22). The van der Waals surface area contributed by atoms with Crippen LogP contribution in [0.1, 0.15) is 41.3 Å². The zero-order valence-electron chi connectivity index (χ0n) is 13.5. The van der Waals surface area contributed by atoms with Crippen LogP contribution in [0.15, 0.2) is 4.79 Å². The molecule has 2 N–H and O–H groups in total. The number of amides is 1. The van der Waals surface area contributed by atoms with E-state index in [4.69, 9.17) is 5.11 Å². The van der Waals surface area contributed by atoms with Crippen molar-refractivity contribution in [3.8, 4) is 0 Å². The lowest BCUT2D eigenvalue weighted by Crippen LogP contribution is -2.40. The number of carbonyl (C=O) groups excluding carboxylic acids is 1. The van der Waals surface area contributed by atoms with Gasteiger partial charge < -0.3 is 10.4 Å². The van der Waals surface area contributed by atoms with Gasteiger partial charge in [-0.15, -0.1) is 11.3 Å². The number of nitrogens with one attached hydrogen (secondary N) is 1. The molecule has 0 bridgehead atoms. The van der Waals surface area contributed by atoms with E-state index in [9.17, 15) is 14.4 Å². The number of carboxylic acids is 1.